The van der Waals surface area contributed by atoms with Crippen molar-refractivity contribution in [1.29, 1.82) is 0 Å². The molecule has 1 atom stereocenters. The third-order valence-electron chi connectivity index (χ3n) is 3.53. The van der Waals surface area contributed by atoms with Crippen LogP contribution in [0.25, 0.3) is 0 Å². The molecule has 2 rings (SSSR count). The molecular formula is C17H27N5O3S. The van der Waals surface area contributed by atoms with Crippen LogP contribution in [0.5, 0.6) is 0 Å². The smallest absolute Gasteiger partial charge is 0.290 e. The van der Waals surface area contributed by atoms with Gasteiger partial charge in [-0.15, -0.1) is 0 Å². The van der Waals surface area contributed by atoms with E-state index in [0.29, 0.717) is 24.9 Å². The maximum Gasteiger partial charge on any atom is 0.290 e. The number of hydrogen-bond donors (Lipinski definition) is 3. The highest BCUT2D eigenvalue weighted by Gasteiger charge is 2.10. The number of carboxylic acid groups (broad SMARTS) is 1. The number of H-pyrrole nitrogens is 1. The van der Waals surface area contributed by atoms with Crippen molar-refractivity contribution in [1.82, 2.24) is 24.8 Å². The van der Waals surface area contributed by atoms with E-state index < -0.39 is 0 Å². The number of imidazole rings is 1. The Morgan fingerprint density at radius 2 is 1.92 bits per heavy atom. The highest BCUT2D eigenvalue weighted by molar-refractivity contribution is 7.99. The van der Waals surface area contributed by atoms with Gasteiger partial charge in [0.05, 0.1) is 6.61 Å². The molecule has 0 amide bonds. The van der Waals surface area contributed by atoms with E-state index in [-0.39, 0.29) is 13.1 Å². The zero-order valence-corrected chi connectivity index (χ0v) is 16.2. The van der Waals surface area contributed by atoms with Crippen molar-refractivity contribution in [3.63, 3.8) is 0 Å². The summed E-state index contributed by atoms with van der Waals surface area (Å²) in [5.74, 6) is 0.902. The largest absolute Gasteiger partial charge is 0.483 e. The summed E-state index contributed by atoms with van der Waals surface area (Å²) in [6.07, 6.45) is 6.69. The van der Waals surface area contributed by atoms with Crippen LogP contribution in [0.4, 0.5) is 0 Å². The Labute approximate surface area is 158 Å². The van der Waals surface area contributed by atoms with Gasteiger partial charge in [-0.1, -0.05) is 25.6 Å². The number of rotatable bonds is 9. The lowest BCUT2D eigenvalue weighted by Gasteiger charge is -2.20. The minimum atomic E-state index is -0.250. The summed E-state index contributed by atoms with van der Waals surface area (Å²) < 4.78 is 0. The molecule has 144 valence electrons. The van der Waals surface area contributed by atoms with Crippen LogP contribution in [-0.2, 0) is 17.9 Å². The molecule has 0 aromatic carbocycles. The summed E-state index contributed by atoms with van der Waals surface area (Å²) >= 11 is 1.70. The number of aliphatic hydroxyl groups is 1. The van der Waals surface area contributed by atoms with E-state index in [1.54, 1.807) is 11.8 Å². The molecule has 2 aromatic heterocycles. The molecule has 0 bridgehead atoms. The predicted molar refractivity (Wildman–Crippen MR) is 101 cm³/mol. The number of nitrogens with zero attached hydrogens (tertiary/aromatic N) is 4. The number of aromatic amines is 1. The molecule has 9 heteroatoms. The summed E-state index contributed by atoms with van der Waals surface area (Å²) in [6, 6.07) is 0. The van der Waals surface area contributed by atoms with Crippen LogP contribution in [0.1, 0.15) is 37.4 Å². The van der Waals surface area contributed by atoms with Crippen molar-refractivity contribution >= 4 is 18.2 Å². The first-order valence-corrected chi connectivity index (χ1v) is 9.29. The van der Waals surface area contributed by atoms with Gasteiger partial charge in [-0.2, -0.15) is 0 Å². The normalized spacial score (nSPS) is 11.7. The highest BCUT2D eigenvalue weighted by Crippen LogP contribution is 2.21. The number of carbonyl (C=O) groups is 1. The maximum atomic E-state index is 9.27. The molecule has 0 aliphatic rings. The minimum Gasteiger partial charge on any atom is -0.483 e. The van der Waals surface area contributed by atoms with Gasteiger partial charge in [0.25, 0.3) is 6.47 Å². The van der Waals surface area contributed by atoms with Gasteiger partial charge in [-0.3, -0.25) is 9.69 Å². The fourth-order valence-corrected chi connectivity index (χ4v) is 2.91. The molecule has 0 aliphatic heterocycles. The zero-order chi connectivity index (χ0) is 19.4. The lowest BCUT2D eigenvalue weighted by Crippen LogP contribution is -2.26. The number of thioether (sulfide) groups is 1. The SMILES string of the molecule is CCC(C)Sc1ncc(CN(CCO)Cc2cnc(C)[nH]2)cn1.O=CO. The molecule has 0 aliphatic carbocycles. The monoisotopic (exact) mass is 381 g/mol. The lowest BCUT2D eigenvalue weighted by molar-refractivity contribution is -0.122. The number of aryl methyl sites for hydroxylation is 1. The molecule has 1 unspecified atom stereocenters. The molecule has 0 spiro atoms. The number of aliphatic hydroxyl groups excluding tert-OH is 1. The molecule has 26 heavy (non-hydrogen) atoms. The average molecular weight is 382 g/mol. The molecule has 2 aromatic rings. The second kappa shape index (κ2) is 12.4. The molecule has 2 heterocycles. The Morgan fingerprint density at radius 3 is 2.42 bits per heavy atom. The summed E-state index contributed by atoms with van der Waals surface area (Å²) in [7, 11) is 0. The van der Waals surface area contributed by atoms with Crippen molar-refractivity contribution < 1.29 is 15.0 Å². The summed E-state index contributed by atoms with van der Waals surface area (Å²) in [5, 5.41) is 17.5. The Morgan fingerprint density at radius 1 is 1.27 bits per heavy atom. The van der Waals surface area contributed by atoms with Gasteiger partial charge in [0.15, 0.2) is 5.16 Å². The van der Waals surface area contributed by atoms with Gasteiger partial charge >= 0.3 is 0 Å². The Hall–Kier alpha value is -1.97. The third kappa shape index (κ3) is 8.41. The van der Waals surface area contributed by atoms with Crippen molar-refractivity contribution in [2.75, 3.05) is 13.2 Å². The molecule has 0 fully saturated rings. The van der Waals surface area contributed by atoms with Gasteiger partial charge in [-0.05, 0) is 13.3 Å². The summed E-state index contributed by atoms with van der Waals surface area (Å²) in [5.41, 5.74) is 2.09. The van der Waals surface area contributed by atoms with Crippen molar-refractivity contribution in [3.8, 4) is 0 Å². The first-order valence-electron chi connectivity index (χ1n) is 8.41. The van der Waals surface area contributed by atoms with E-state index >= 15 is 0 Å². The Bertz CT molecular complexity index is 636. The van der Waals surface area contributed by atoms with Crippen LogP contribution in [0.15, 0.2) is 23.7 Å². The topological polar surface area (TPSA) is 115 Å². The van der Waals surface area contributed by atoms with Crippen LogP contribution in [0.3, 0.4) is 0 Å². The van der Waals surface area contributed by atoms with Gasteiger partial charge in [-0.25, -0.2) is 15.0 Å². The molecule has 0 saturated heterocycles. The van der Waals surface area contributed by atoms with Crippen LogP contribution < -0.4 is 0 Å². The standard InChI is InChI=1S/C16H25N5OS.CH2O2/c1-4-12(2)23-16-18-7-14(8-19-16)10-21(5-6-22)11-15-9-17-13(3)20-15;2-1-3/h7-9,12,22H,4-6,10-11H2,1-3H3,(H,17,20);1H,(H,2,3). The molecule has 0 radical (unpaired) electrons. The van der Waals surface area contributed by atoms with Crippen molar-refractivity contribution in [2.24, 2.45) is 0 Å². The maximum absolute atomic E-state index is 9.27. The summed E-state index contributed by atoms with van der Waals surface area (Å²) in [4.78, 5) is 26.8. The molecular weight excluding hydrogens is 354 g/mol. The van der Waals surface area contributed by atoms with Gasteiger partial charge in [0.2, 0.25) is 0 Å². The number of nitrogens with one attached hydrogen (secondary N) is 1. The fourth-order valence-electron chi connectivity index (χ4n) is 2.16. The Balaban J connectivity index is 0.00000105. The Kier molecular flexibility index (Phi) is 10.5. The predicted octanol–water partition coefficient (Wildman–Crippen LogP) is 2.09. The molecule has 0 saturated carbocycles. The zero-order valence-electron chi connectivity index (χ0n) is 15.4. The quantitative estimate of drug-likeness (QED) is 0.344. The van der Waals surface area contributed by atoms with E-state index in [1.165, 1.54) is 0 Å². The fraction of sp³-hybridized carbons (Fsp3) is 0.529. The molecule has 8 nitrogen and oxygen atoms in total. The second-order valence-electron chi connectivity index (χ2n) is 5.74. The van der Waals surface area contributed by atoms with Crippen LogP contribution in [0.2, 0.25) is 0 Å². The van der Waals surface area contributed by atoms with E-state index in [9.17, 15) is 5.11 Å². The molecule has 3 N–H and O–H groups in total. The van der Waals surface area contributed by atoms with Crippen LogP contribution >= 0.6 is 11.8 Å². The van der Waals surface area contributed by atoms with Gasteiger partial charge in [0, 0.05) is 54.7 Å². The van der Waals surface area contributed by atoms with E-state index in [1.807, 2.05) is 25.5 Å². The van der Waals surface area contributed by atoms with E-state index in [4.69, 9.17) is 9.90 Å². The average Bonchev–Trinajstić information content (AvgIpc) is 3.02. The van der Waals surface area contributed by atoms with E-state index in [0.717, 1.165) is 28.7 Å². The number of hydrogen-bond acceptors (Lipinski definition) is 7. The van der Waals surface area contributed by atoms with Gasteiger partial charge < -0.3 is 15.2 Å². The van der Waals surface area contributed by atoms with Crippen LogP contribution in [0, 0.1) is 6.92 Å². The third-order valence-corrected chi connectivity index (χ3v) is 4.69. The van der Waals surface area contributed by atoms with Crippen molar-refractivity contribution in [2.45, 2.75) is 50.7 Å². The number of aromatic nitrogens is 4. The van der Waals surface area contributed by atoms with Crippen LogP contribution in [-0.4, -0.2) is 59.9 Å². The second-order valence-corrected chi connectivity index (χ2v) is 7.15. The van der Waals surface area contributed by atoms with Crippen molar-refractivity contribution in [3.05, 3.63) is 35.7 Å². The minimum absolute atomic E-state index is 0.121. The lowest BCUT2D eigenvalue weighted by atomic mass is 10.3. The van der Waals surface area contributed by atoms with E-state index in [2.05, 4.69) is 38.7 Å². The first kappa shape index (κ1) is 22.1. The highest BCUT2D eigenvalue weighted by atomic mass is 32.2. The summed E-state index contributed by atoms with van der Waals surface area (Å²) in [6.45, 7) is 8.16. The van der Waals surface area contributed by atoms with Gasteiger partial charge in [0.1, 0.15) is 5.82 Å². The first-order chi connectivity index (χ1) is 12.5.